The van der Waals surface area contributed by atoms with Gasteiger partial charge >= 0.3 is 0 Å². The fraction of sp³-hybridized carbons (Fsp3) is 0.647. The third kappa shape index (κ3) is 3.45. The van der Waals surface area contributed by atoms with Crippen LogP contribution in [0, 0.1) is 5.92 Å². The van der Waals surface area contributed by atoms with Crippen molar-refractivity contribution in [3.05, 3.63) is 23.8 Å². The molecule has 1 unspecified atom stereocenters. The van der Waals surface area contributed by atoms with Crippen molar-refractivity contribution in [2.75, 3.05) is 13.3 Å². The van der Waals surface area contributed by atoms with Crippen molar-refractivity contribution in [2.24, 2.45) is 5.92 Å². The van der Waals surface area contributed by atoms with Crippen LogP contribution in [0.25, 0.3) is 0 Å². The molecule has 20 heavy (non-hydrogen) atoms. The molecule has 1 heterocycles. The average Bonchev–Trinajstić information content (AvgIpc) is 3.13. The number of aryl methyl sites for hydroxylation is 1. The number of nitrogens with one attached hydrogen (secondary N) is 1. The molecule has 0 bridgehead atoms. The highest BCUT2D eigenvalue weighted by Crippen LogP contribution is 2.32. The lowest BCUT2D eigenvalue weighted by molar-refractivity contribution is 0.174. The van der Waals surface area contributed by atoms with Gasteiger partial charge in [-0.2, -0.15) is 0 Å². The molecule has 0 radical (unpaired) electrons. The van der Waals surface area contributed by atoms with Crippen LogP contribution in [-0.2, 0) is 6.42 Å². The Hall–Kier alpha value is -1.22. The molecule has 1 N–H and O–H groups in total. The maximum absolute atomic E-state index is 5.42. The second-order valence-electron chi connectivity index (χ2n) is 6.19. The summed E-state index contributed by atoms with van der Waals surface area (Å²) in [5, 5.41) is 3.69. The van der Waals surface area contributed by atoms with E-state index in [0.29, 0.717) is 12.8 Å². The Morgan fingerprint density at radius 1 is 1.20 bits per heavy atom. The summed E-state index contributed by atoms with van der Waals surface area (Å²) in [4.78, 5) is 0. The fourth-order valence-electron chi connectivity index (χ4n) is 3.16. The Morgan fingerprint density at radius 2 is 2.00 bits per heavy atom. The molecule has 110 valence electrons. The van der Waals surface area contributed by atoms with Gasteiger partial charge in [0.1, 0.15) is 0 Å². The van der Waals surface area contributed by atoms with E-state index in [2.05, 4.69) is 24.4 Å². The highest BCUT2D eigenvalue weighted by Gasteiger charge is 2.16. The van der Waals surface area contributed by atoms with Crippen molar-refractivity contribution in [3.63, 3.8) is 0 Å². The molecule has 0 aromatic heterocycles. The van der Waals surface area contributed by atoms with Crippen molar-refractivity contribution in [2.45, 2.75) is 51.5 Å². The summed E-state index contributed by atoms with van der Waals surface area (Å²) in [5.74, 6) is 2.69. The standard InChI is InChI=1S/C17H25NO2/c1-13(18-11-15-4-2-3-5-15)6-7-14-8-9-16-17(10-14)20-12-19-16/h8-10,13,15,18H,2-7,11-12H2,1H3. The van der Waals surface area contributed by atoms with Gasteiger partial charge in [0.2, 0.25) is 6.79 Å². The second-order valence-corrected chi connectivity index (χ2v) is 6.19. The summed E-state index contributed by atoms with van der Waals surface area (Å²) in [5.41, 5.74) is 1.34. The molecule has 2 aliphatic rings. The summed E-state index contributed by atoms with van der Waals surface area (Å²) in [6, 6.07) is 6.87. The monoisotopic (exact) mass is 275 g/mol. The van der Waals surface area contributed by atoms with Crippen molar-refractivity contribution >= 4 is 0 Å². The minimum atomic E-state index is 0.359. The summed E-state index contributed by atoms with van der Waals surface area (Å²) < 4.78 is 10.8. The number of benzene rings is 1. The van der Waals surface area contributed by atoms with E-state index in [-0.39, 0.29) is 0 Å². The van der Waals surface area contributed by atoms with E-state index in [4.69, 9.17) is 9.47 Å². The SMILES string of the molecule is CC(CCc1ccc2c(c1)OCO2)NCC1CCCC1. The van der Waals surface area contributed by atoms with Gasteiger partial charge < -0.3 is 14.8 Å². The van der Waals surface area contributed by atoms with Crippen LogP contribution < -0.4 is 14.8 Å². The molecule has 1 atom stereocenters. The smallest absolute Gasteiger partial charge is 0.231 e. The lowest BCUT2D eigenvalue weighted by Gasteiger charge is -2.17. The van der Waals surface area contributed by atoms with E-state index >= 15 is 0 Å². The van der Waals surface area contributed by atoms with E-state index < -0.39 is 0 Å². The van der Waals surface area contributed by atoms with Gasteiger partial charge in [-0.15, -0.1) is 0 Å². The number of hydrogen-bond acceptors (Lipinski definition) is 3. The molecule has 1 aromatic carbocycles. The third-order valence-electron chi connectivity index (χ3n) is 4.53. The highest BCUT2D eigenvalue weighted by atomic mass is 16.7. The van der Waals surface area contributed by atoms with E-state index in [1.54, 1.807) is 0 Å². The Balaban J connectivity index is 1.41. The highest BCUT2D eigenvalue weighted by molar-refractivity contribution is 5.44. The third-order valence-corrected chi connectivity index (χ3v) is 4.53. The van der Waals surface area contributed by atoms with Crippen LogP contribution in [0.1, 0.15) is 44.6 Å². The molecular formula is C17H25NO2. The van der Waals surface area contributed by atoms with Crippen LogP contribution in [-0.4, -0.2) is 19.4 Å². The number of hydrogen-bond donors (Lipinski definition) is 1. The minimum Gasteiger partial charge on any atom is -0.454 e. The normalized spacial score (nSPS) is 19.4. The van der Waals surface area contributed by atoms with Gasteiger partial charge in [-0.25, -0.2) is 0 Å². The first-order valence-corrected chi connectivity index (χ1v) is 7.93. The lowest BCUT2D eigenvalue weighted by atomic mass is 10.0. The van der Waals surface area contributed by atoms with Crippen LogP contribution in [0.4, 0.5) is 0 Å². The van der Waals surface area contributed by atoms with E-state index in [9.17, 15) is 0 Å². The summed E-state index contributed by atoms with van der Waals surface area (Å²) in [7, 11) is 0. The first kappa shape index (κ1) is 13.7. The van der Waals surface area contributed by atoms with Crippen molar-refractivity contribution < 1.29 is 9.47 Å². The molecule has 0 spiro atoms. The van der Waals surface area contributed by atoms with E-state index in [1.165, 1.54) is 44.2 Å². The zero-order chi connectivity index (χ0) is 13.8. The first-order chi connectivity index (χ1) is 9.81. The zero-order valence-corrected chi connectivity index (χ0v) is 12.4. The molecule has 1 saturated carbocycles. The van der Waals surface area contributed by atoms with Crippen molar-refractivity contribution in [3.8, 4) is 11.5 Å². The van der Waals surface area contributed by atoms with Gasteiger partial charge in [-0.3, -0.25) is 0 Å². The molecule has 1 aliphatic carbocycles. The zero-order valence-electron chi connectivity index (χ0n) is 12.4. The van der Waals surface area contributed by atoms with E-state index in [0.717, 1.165) is 23.8 Å². The van der Waals surface area contributed by atoms with Gasteiger partial charge in [0.25, 0.3) is 0 Å². The molecule has 0 amide bonds. The number of fused-ring (bicyclic) bond motifs is 1. The molecule has 1 aliphatic heterocycles. The second kappa shape index (κ2) is 6.49. The van der Waals surface area contributed by atoms with Crippen LogP contribution in [0.5, 0.6) is 11.5 Å². The molecule has 1 aromatic rings. The lowest BCUT2D eigenvalue weighted by Crippen LogP contribution is -2.30. The fourth-order valence-corrected chi connectivity index (χ4v) is 3.16. The van der Waals surface area contributed by atoms with Gasteiger partial charge in [0, 0.05) is 6.04 Å². The average molecular weight is 275 g/mol. The topological polar surface area (TPSA) is 30.5 Å². The van der Waals surface area contributed by atoms with Gasteiger partial charge in [-0.05, 0) is 62.8 Å². The predicted octanol–water partition coefficient (Wildman–Crippen LogP) is 3.52. The molecule has 3 heteroatoms. The Kier molecular flexibility index (Phi) is 4.46. The van der Waals surface area contributed by atoms with Gasteiger partial charge in [0.15, 0.2) is 11.5 Å². The van der Waals surface area contributed by atoms with Crippen molar-refractivity contribution in [1.82, 2.24) is 5.32 Å². The van der Waals surface area contributed by atoms with Crippen LogP contribution in [0.2, 0.25) is 0 Å². The van der Waals surface area contributed by atoms with Crippen molar-refractivity contribution in [1.29, 1.82) is 0 Å². The molecule has 0 saturated heterocycles. The van der Waals surface area contributed by atoms with Crippen LogP contribution in [0.15, 0.2) is 18.2 Å². The molecular weight excluding hydrogens is 250 g/mol. The summed E-state index contributed by atoms with van der Waals surface area (Å²) in [6.07, 6.45) is 7.96. The number of rotatable bonds is 6. The number of ether oxygens (including phenoxy) is 2. The Bertz CT molecular complexity index is 441. The van der Waals surface area contributed by atoms with Crippen LogP contribution in [0.3, 0.4) is 0 Å². The molecule has 3 rings (SSSR count). The first-order valence-electron chi connectivity index (χ1n) is 7.93. The predicted molar refractivity (Wildman–Crippen MR) is 80.3 cm³/mol. The van der Waals surface area contributed by atoms with Gasteiger partial charge in [0.05, 0.1) is 0 Å². The Labute approximate surface area is 121 Å². The van der Waals surface area contributed by atoms with Crippen LogP contribution >= 0.6 is 0 Å². The Morgan fingerprint density at radius 3 is 2.85 bits per heavy atom. The minimum absolute atomic E-state index is 0.359. The maximum Gasteiger partial charge on any atom is 0.231 e. The quantitative estimate of drug-likeness (QED) is 0.861. The summed E-state index contributed by atoms with van der Waals surface area (Å²) in [6.45, 7) is 3.85. The molecule has 1 fully saturated rings. The maximum atomic E-state index is 5.42. The largest absolute Gasteiger partial charge is 0.454 e. The van der Waals surface area contributed by atoms with Gasteiger partial charge in [-0.1, -0.05) is 18.9 Å². The summed E-state index contributed by atoms with van der Waals surface area (Å²) >= 11 is 0. The molecule has 3 nitrogen and oxygen atoms in total. The van der Waals surface area contributed by atoms with E-state index in [1.807, 2.05) is 6.07 Å².